The van der Waals surface area contributed by atoms with Crippen molar-refractivity contribution < 1.29 is 14.7 Å². The Hall–Kier alpha value is -1.84. The molecule has 4 fully saturated rings. The van der Waals surface area contributed by atoms with Crippen LogP contribution in [0, 0.1) is 24.2 Å². The number of aryl methyl sites for hydroxylation is 1. The molecule has 0 radical (unpaired) electrons. The van der Waals surface area contributed by atoms with Gasteiger partial charge in [-0.05, 0) is 75.2 Å². The fourth-order valence-corrected chi connectivity index (χ4v) is 6.18. The van der Waals surface area contributed by atoms with Crippen LogP contribution in [0.2, 0.25) is 0 Å². The Labute approximate surface area is 149 Å². The summed E-state index contributed by atoms with van der Waals surface area (Å²) in [6.45, 7) is 3.65. The number of carbonyl (C=O) groups excluding carboxylic acids is 1. The predicted molar refractivity (Wildman–Crippen MR) is 95.2 cm³/mol. The molecule has 1 aromatic carbocycles. The summed E-state index contributed by atoms with van der Waals surface area (Å²) in [5, 5.41) is 11.9. The minimum absolute atomic E-state index is 0.0343. The Morgan fingerprint density at radius 2 is 1.72 bits per heavy atom. The zero-order valence-corrected chi connectivity index (χ0v) is 15.0. The lowest BCUT2D eigenvalue weighted by atomic mass is 9.42. The van der Waals surface area contributed by atoms with Crippen LogP contribution < -0.4 is 5.32 Å². The van der Waals surface area contributed by atoms with Gasteiger partial charge < -0.3 is 10.4 Å². The minimum Gasteiger partial charge on any atom is -0.480 e. The van der Waals surface area contributed by atoms with Gasteiger partial charge in [0.15, 0.2) is 0 Å². The second-order valence-electron chi connectivity index (χ2n) is 8.92. The van der Waals surface area contributed by atoms with Gasteiger partial charge in [0.2, 0.25) is 5.91 Å². The Balaban J connectivity index is 1.66. The third kappa shape index (κ3) is 2.66. The molecule has 1 amide bonds. The van der Waals surface area contributed by atoms with E-state index in [2.05, 4.69) is 36.5 Å². The predicted octanol–water partition coefficient (Wildman–Crippen LogP) is 3.42. The van der Waals surface area contributed by atoms with Crippen molar-refractivity contribution >= 4 is 11.9 Å². The molecule has 3 unspecified atom stereocenters. The summed E-state index contributed by atoms with van der Waals surface area (Å²) in [5.41, 5.74) is 2.35. The number of aliphatic carboxylic acids is 1. The van der Waals surface area contributed by atoms with Crippen molar-refractivity contribution in [2.24, 2.45) is 17.3 Å². The zero-order chi connectivity index (χ0) is 17.8. The van der Waals surface area contributed by atoms with E-state index in [0.717, 1.165) is 19.3 Å². The average molecular weight is 341 g/mol. The summed E-state index contributed by atoms with van der Waals surface area (Å²) in [6.07, 6.45) is 6.31. The van der Waals surface area contributed by atoms with E-state index in [1.807, 2.05) is 0 Å². The van der Waals surface area contributed by atoms with E-state index in [1.165, 1.54) is 30.4 Å². The van der Waals surface area contributed by atoms with Crippen molar-refractivity contribution in [2.45, 2.75) is 63.8 Å². The molecule has 0 saturated heterocycles. The number of carboxylic acids is 1. The molecule has 0 heterocycles. The first-order valence-corrected chi connectivity index (χ1v) is 9.43. The second-order valence-corrected chi connectivity index (χ2v) is 8.92. The van der Waals surface area contributed by atoms with Crippen molar-refractivity contribution in [2.75, 3.05) is 0 Å². The molecule has 1 aromatic rings. The van der Waals surface area contributed by atoms with Crippen molar-refractivity contribution in [3.63, 3.8) is 0 Å². The van der Waals surface area contributed by atoms with Gasteiger partial charge in [-0.1, -0.05) is 29.8 Å². The van der Waals surface area contributed by atoms with Crippen molar-refractivity contribution in [1.29, 1.82) is 0 Å². The van der Waals surface area contributed by atoms with Gasteiger partial charge in [0.25, 0.3) is 0 Å². The SMILES string of the molecule is Cc1ccc(C23C[C@@H]4C[C@@H](CC(C(=O)NC(C)C(=O)O)(C4)C2)C3)cc1. The first-order valence-electron chi connectivity index (χ1n) is 9.43. The number of nitrogens with one attached hydrogen (secondary N) is 1. The van der Waals surface area contributed by atoms with E-state index in [0.29, 0.717) is 11.8 Å². The van der Waals surface area contributed by atoms with Gasteiger partial charge in [0.1, 0.15) is 6.04 Å². The molecule has 4 heteroatoms. The van der Waals surface area contributed by atoms with Crippen molar-refractivity contribution in [1.82, 2.24) is 5.32 Å². The maximum Gasteiger partial charge on any atom is 0.325 e. The highest BCUT2D eigenvalue weighted by molar-refractivity contribution is 5.87. The maximum absolute atomic E-state index is 13.1. The van der Waals surface area contributed by atoms with Crippen LogP contribution in [0.15, 0.2) is 24.3 Å². The van der Waals surface area contributed by atoms with E-state index in [1.54, 1.807) is 6.92 Å². The molecule has 0 spiro atoms. The molecule has 4 aliphatic carbocycles. The van der Waals surface area contributed by atoms with Crippen LogP contribution in [-0.4, -0.2) is 23.0 Å². The summed E-state index contributed by atoms with van der Waals surface area (Å²) in [6, 6.07) is 8.01. The third-order valence-corrected chi connectivity index (χ3v) is 6.92. The molecule has 134 valence electrons. The van der Waals surface area contributed by atoms with Gasteiger partial charge in [-0.15, -0.1) is 0 Å². The quantitative estimate of drug-likeness (QED) is 0.882. The van der Waals surface area contributed by atoms with Gasteiger partial charge in [0.05, 0.1) is 5.41 Å². The summed E-state index contributed by atoms with van der Waals surface area (Å²) >= 11 is 0. The molecule has 4 aliphatic rings. The summed E-state index contributed by atoms with van der Waals surface area (Å²) in [7, 11) is 0. The van der Waals surface area contributed by atoms with Gasteiger partial charge in [-0.25, -0.2) is 0 Å². The highest BCUT2D eigenvalue weighted by atomic mass is 16.4. The highest BCUT2D eigenvalue weighted by Crippen LogP contribution is 2.65. The number of hydrogen-bond donors (Lipinski definition) is 2. The molecule has 0 aromatic heterocycles. The van der Waals surface area contributed by atoms with Gasteiger partial charge in [0, 0.05) is 0 Å². The van der Waals surface area contributed by atoms with Gasteiger partial charge in [-0.3, -0.25) is 9.59 Å². The summed E-state index contributed by atoms with van der Waals surface area (Å²) in [4.78, 5) is 24.2. The van der Waals surface area contributed by atoms with Crippen molar-refractivity contribution in [3.8, 4) is 0 Å². The van der Waals surface area contributed by atoms with Crippen LogP contribution >= 0.6 is 0 Å². The Morgan fingerprint density at radius 3 is 2.28 bits per heavy atom. The first-order chi connectivity index (χ1) is 11.8. The largest absolute Gasteiger partial charge is 0.480 e. The monoisotopic (exact) mass is 341 g/mol. The molecule has 5 rings (SSSR count). The molecule has 4 saturated carbocycles. The fourth-order valence-electron chi connectivity index (χ4n) is 6.18. The standard InChI is InChI=1S/C21H27NO3/c1-13-3-5-17(6-4-13)20-8-15-7-16(9-20)11-21(10-15,12-20)19(25)22-14(2)18(23)24/h3-6,14-16H,7-12H2,1-2H3,(H,22,25)(H,23,24)/t14?,15-,16+,20?,21?. The Kier molecular flexibility index (Phi) is 3.71. The first kappa shape index (κ1) is 16.6. The number of carboxylic acid groups (broad SMARTS) is 1. The van der Waals surface area contributed by atoms with E-state index in [-0.39, 0.29) is 16.7 Å². The lowest BCUT2D eigenvalue weighted by molar-refractivity contribution is -0.153. The maximum atomic E-state index is 13.1. The Bertz CT molecular complexity index is 694. The molecule has 4 nitrogen and oxygen atoms in total. The number of hydrogen-bond acceptors (Lipinski definition) is 2. The molecule has 5 atom stereocenters. The van der Waals surface area contributed by atoms with Crippen LogP contribution in [0.3, 0.4) is 0 Å². The van der Waals surface area contributed by atoms with Gasteiger partial charge >= 0.3 is 5.97 Å². The molecule has 0 aliphatic heterocycles. The van der Waals surface area contributed by atoms with E-state index in [9.17, 15) is 9.59 Å². The topological polar surface area (TPSA) is 66.4 Å². The van der Waals surface area contributed by atoms with Crippen LogP contribution in [-0.2, 0) is 15.0 Å². The summed E-state index contributed by atoms with van der Waals surface area (Å²) < 4.78 is 0. The minimum atomic E-state index is -0.966. The van der Waals surface area contributed by atoms with Gasteiger partial charge in [-0.2, -0.15) is 0 Å². The number of amides is 1. The third-order valence-electron chi connectivity index (χ3n) is 6.92. The van der Waals surface area contributed by atoms with Crippen molar-refractivity contribution in [3.05, 3.63) is 35.4 Å². The second kappa shape index (κ2) is 5.58. The average Bonchev–Trinajstić information content (AvgIpc) is 2.53. The zero-order valence-electron chi connectivity index (χ0n) is 15.0. The van der Waals surface area contributed by atoms with E-state index < -0.39 is 12.0 Å². The van der Waals surface area contributed by atoms with Crippen LogP contribution in [0.25, 0.3) is 0 Å². The molecular weight excluding hydrogens is 314 g/mol. The molecule has 4 bridgehead atoms. The fraction of sp³-hybridized carbons (Fsp3) is 0.619. The van der Waals surface area contributed by atoms with E-state index in [4.69, 9.17) is 5.11 Å². The summed E-state index contributed by atoms with van der Waals surface area (Å²) in [5.74, 6) is 0.182. The smallest absolute Gasteiger partial charge is 0.325 e. The molecule has 2 N–H and O–H groups in total. The van der Waals surface area contributed by atoms with E-state index >= 15 is 0 Å². The Morgan fingerprint density at radius 1 is 1.12 bits per heavy atom. The lowest BCUT2D eigenvalue weighted by Gasteiger charge is -2.61. The van der Waals surface area contributed by atoms with Crippen LogP contribution in [0.5, 0.6) is 0 Å². The normalized spacial score (nSPS) is 36.9. The van der Waals surface area contributed by atoms with Crippen LogP contribution in [0.1, 0.15) is 56.6 Å². The highest BCUT2D eigenvalue weighted by Gasteiger charge is 2.61. The van der Waals surface area contributed by atoms with Crippen LogP contribution in [0.4, 0.5) is 0 Å². The molecule has 25 heavy (non-hydrogen) atoms. The number of benzene rings is 1. The number of rotatable bonds is 4. The number of carbonyl (C=O) groups is 2. The lowest BCUT2D eigenvalue weighted by Crippen LogP contribution is -2.60. The molecular formula is C21H27NO3.